The van der Waals surface area contributed by atoms with Crippen molar-refractivity contribution in [1.29, 1.82) is 0 Å². The van der Waals surface area contributed by atoms with Gasteiger partial charge in [0.05, 0.1) is 12.1 Å². The summed E-state index contributed by atoms with van der Waals surface area (Å²) in [5.74, 6) is -0.158. The predicted octanol–water partition coefficient (Wildman–Crippen LogP) is 2.90. The minimum Gasteiger partial charge on any atom is -0.391 e. The van der Waals surface area contributed by atoms with Crippen LogP contribution in [0.15, 0.2) is 42.6 Å². The van der Waals surface area contributed by atoms with E-state index >= 15 is 0 Å². The highest BCUT2D eigenvalue weighted by atomic mass is 19.4. The quantitative estimate of drug-likeness (QED) is 0.891. The summed E-state index contributed by atoms with van der Waals surface area (Å²) < 4.78 is 37.8. The van der Waals surface area contributed by atoms with E-state index in [9.17, 15) is 18.3 Å². The van der Waals surface area contributed by atoms with Gasteiger partial charge in [0.25, 0.3) is 0 Å². The molecule has 0 unspecified atom stereocenters. The molecule has 2 N–H and O–H groups in total. The summed E-state index contributed by atoms with van der Waals surface area (Å²) in [6, 6.07) is 9.63. The van der Waals surface area contributed by atoms with Crippen LogP contribution in [0.25, 0.3) is 0 Å². The number of hydrogen-bond donors (Lipinski definition) is 2. The lowest BCUT2D eigenvalue weighted by Crippen LogP contribution is -2.33. The van der Waals surface area contributed by atoms with Crippen molar-refractivity contribution in [2.24, 2.45) is 0 Å². The van der Waals surface area contributed by atoms with E-state index in [1.807, 2.05) is 30.3 Å². The van der Waals surface area contributed by atoms with Gasteiger partial charge in [-0.3, -0.25) is 0 Å². The Hall–Kier alpha value is -2.15. The Morgan fingerprint density at radius 2 is 1.86 bits per heavy atom. The number of benzene rings is 1. The zero-order valence-corrected chi connectivity index (χ0v) is 11.9. The maximum absolute atomic E-state index is 12.6. The molecule has 0 bridgehead atoms. The summed E-state index contributed by atoms with van der Waals surface area (Å²) in [6.07, 6.45) is -3.88. The first-order chi connectivity index (χ1) is 10.4. The molecular formula is C15H16F3N3O. The van der Waals surface area contributed by atoms with E-state index in [2.05, 4.69) is 15.3 Å². The van der Waals surface area contributed by atoms with Gasteiger partial charge in [-0.1, -0.05) is 30.3 Å². The Balaban J connectivity index is 2.01. The maximum atomic E-state index is 12.6. The van der Waals surface area contributed by atoms with E-state index in [0.717, 1.165) is 17.8 Å². The number of anilines is 1. The Morgan fingerprint density at radius 3 is 2.50 bits per heavy atom. The summed E-state index contributed by atoms with van der Waals surface area (Å²) in [4.78, 5) is 7.16. The average molecular weight is 311 g/mol. The molecule has 7 heteroatoms. The van der Waals surface area contributed by atoms with Gasteiger partial charge in [-0.25, -0.2) is 9.97 Å². The second kappa shape index (κ2) is 6.74. The van der Waals surface area contributed by atoms with Crippen LogP contribution in [0.5, 0.6) is 0 Å². The molecule has 0 saturated heterocycles. The van der Waals surface area contributed by atoms with E-state index in [0.29, 0.717) is 6.42 Å². The Morgan fingerprint density at radius 1 is 1.18 bits per heavy atom. The molecule has 1 heterocycles. The minimum absolute atomic E-state index is 0.158. The second-order valence-electron chi connectivity index (χ2n) is 4.95. The average Bonchev–Trinajstić information content (AvgIpc) is 2.47. The smallest absolute Gasteiger partial charge is 0.391 e. The molecule has 22 heavy (non-hydrogen) atoms. The van der Waals surface area contributed by atoms with Gasteiger partial charge in [0.1, 0.15) is 5.69 Å². The van der Waals surface area contributed by atoms with Gasteiger partial charge < -0.3 is 10.4 Å². The topological polar surface area (TPSA) is 58.0 Å². The number of nitrogens with zero attached hydrogens (tertiary/aromatic N) is 2. The van der Waals surface area contributed by atoms with Crippen molar-refractivity contribution in [3.63, 3.8) is 0 Å². The molecule has 0 radical (unpaired) electrons. The summed E-state index contributed by atoms with van der Waals surface area (Å²) >= 11 is 0. The van der Waals surface area contributed by atoms with Gasteiger partial charge in [-0.2, -0.15) is 13.2 Å². The van der Waals surface area contributed by atoms with E-state index in [1.165, 1.54) is 0 Å². The number of nitrogens with one attached hydrogen (secondary N) is 1. The third kappa shape index (κ3) is 4.42. The molecule has 2 rings (SSSR count). The first-order valence-electron chi connectivity index (χ1n) is 6.75. The molecule has 0 saturated carbocycles. The van der Waals surface area contributed by atoms with Gasteiger partial charge in [-0.15, -0.1) is 0 Å². The van der Waals surface area contributed by atoms with Crippen molar-refractivity contribution in [2.45, 2.75) is 31.7 Å². The van der Waals surface area contributed by atoms with Crippen LogP contribution in [0.1, 0.15) is 18.2 Å². The summed E-state index contributed by atoms with van der Waals surface area (Å²) in [6.45, 7) is 1.66. The van der Waals surface area contributed by atoms with Gasteiger partial charge in [0.15, 0.2) is 0 Å². The first-order valence-corrected chi connectivity index (χ1v) is 6.75. The van der Waals surface area contributed by atoms with Crippen LogP contribution in [0.4, 0.5) is 19.1 Å². The molecular weight excluding hydrogens is 295 g/mol. The van der Waals surface area contributed by atoms with Crippen LogP contribution in [0, 0.1) is 0 Å². The van der Waals surface area contributed by atoms with Gasteiger partial charge in [0.2, 0.25) is 5.95 Å². The fourth-order valence-corrected chi connectivity index (χ4v) is 1.92. The molecule has 0 aliphatic heterocycles. The van der Waals surface area contributed by atoms with E-state index < -0.39 is 24.0 Å². The van der Waals surface area contributed by atoms with E-state index in [4.69, 9.17) is 0 Å². The highest BCUT2D eigenvalue weighted by Crippen LogP contribution is 2.27. The molecule has 0 aliphatic rings. The Labute approximate surface area is 126 Å². The van der Waals surface area contributed by atoms with Crippen LogP contribution >= 0.6 is 0 Å². The zero-order valence-electron chi connectivity index (χ0n) is 11.9. The van der Waals surface area contributed by atoms with Crippen molar-refractivity contribution in [3.8, 4) is 0 Å². The van der Waals surface area contributed by atoms with Crippen LogP contribution < -0.4 is 5.32 Å². The van der Waals surface area contributed by atoms with Crippen molar-refractivity contribution in [2.75, 3.05) is 5.32 Å². The Bertz CT molecular complexity index is 604. The number of aromatic nitrogens is 2. The molecule has 0 amide bonds. The molecule has 1 aromatic heterocycles. The second-order valence-corrected chi connectivity index (χ2v) is 4.95. The third-order valence-electron chi connectivity index (χ3n) is 3.17. The van der Waals surface area contributed by atoms with E-state index in [-0.39, 0.29) is 5.95 Å². The molecule has 0 aliphatic carbocycles. The molecule has 1 aromatic carbocycles. The highest BCUT2D eigenvalue weighted by molar-refractivity contribution is 5.28. The highest BCUT2D eigenvalue weighted by Gasteiger charge is 2.33. The fraction of sp³-hybridized carbons (Fsp3) is 0.333. The maximum Gasteiger partial charge on any atom is 0.433 e. The predicted molar refractivity (Wildman–Crippen MR) is 76.3 cm³/mol. The largest absolute Gasteiger partial charge is 0.433 e. The molecule has 0 spiro atoms. The normalized spacial score (nSPS) is 14.4. The number of alkyl halides is 3. The number of aliphatic hydroxyl groups excluding tert-OH is 1. The Kier molecular flexibility index (Phi) is 4.97. The molecule has 118 valence electrons. The molecule has 0 fully saturated rings. The fourth-order valence-electron chi connectivity index (χ4n) is 1.92. The van der Waals surface area contributed by atoms with Crippen LogP contribution in [-0.2, 0) is 12.6 Å². The number of rotatable bonds is 5. The van der Waals surface area contributed by atoms with Crippen molar-refractivity contribution in [3.05, 3.63) is 53.9 Å². The summed E-state index contributed by atoms with van der Waals surface area (Å²) in [5, 5.41) is 12.8. The van der Waals surface area contributed by atoms with Crippen LogP contribution in [0.2, 0.25) is 0 Å². The van der Waals surface area contributed by atoms with Crippen LogP contribution in [-0.4, -0.2) is 27.2 Å². The van der Waals surface area contributed by atoms with Gasteiger partial charge in [-0.05, 0) is 18.6 Å². The van der Waals surface area contributed by atoms with Crippen molar-refractivity contribution in [1.82, 2.24) is 9.97 Å². The van der Waals surface area contributed by atoms with Gasteiger partial charge >= 0.3 is 6.18 Å². The number of aliphatic hydroxyl groups is 1. The monoisotopic (exact) mass is 311 g/mol. The third-order valence-corrected chi connectivity index (χ3v) is 3.17. The van der Waals surface area contributed by atoms with Crippen molar-refractivity contribution < 1.29 is 18.3 Å². The molecule has 4 nitrogen and oxygen atoms in total. The van der Waals surface area contributed by atoms with Crippen LogP contribution in [0.3, 0.4) is 0 Å². The number of hydrogen-bond acceptors (Lipinski definition) is 4. The standard InChI is InChI=1S/C15H16F3N3O/c1-10(12(22)9-11-5-3-2-4-6-11)20-14-19-8-7-13(21-14)15(16,17)18/h2-8,10,12,22H,9H2,1H3,(H,19,20,21)/t10-,12-/m1/s1. The zero-order chi connectivity index (χ0) is 16.2. The van der Waals surface area contributed by atoms with Crippen molar-refractivity contribution >= 4 is 5.95 Å². The molecule has 2 atom stereocenters. The lowest BCUT2D eigenvalue weighted by atomic mass is 10.0. The SMILES string of the molecule is C[C@@H](Nc1nccc(C(F)(F)F)n1)[C@H](O)Cc1ccccc1. The summed E-state index contributed by atoms with van der Waals surface area (Å²) in [7, 11) is 0. The van der Waals surface area contributed by atoms with E-state index in [1.54, 1.807) is 6.92 Å². The molecule has 2 aromatic rings. The summed E-state index contributed by atoms with van der Waals surface area (Å²) in [5.41, 5.74) is -0.0802. The first kappa shape index (κ1) is 16.2. The van der Waals surface area contributed by atoms with Gasteiger partial charge in [0, 0.05) is 12.6 Å². The lowest BCUT2D eigenvalue weighted by Gasteiger charge is -2.20. The lowest BCUT2D eigenvalue weighted by molar-refractivity contribution is -0.141. The number of halogens is 3. The minimum atomic E-state index is -4.52.